The number of nitrogens with one attached hydrogen (secondary N) is 1. The normalized spacial score (nSPS) is 11.5. The first kappa shape index (κ1) is 15.9. The van der Waals surface area contributed by atoms with Gasteiger partial charge in [-0.1, -0.05) is 12.1 Å². The molecular formula is C15H13F3N6. The molecule has 24 heavy (non-hydrogen) atoms. The average molecular weight is 334 g/mol. The Labute approximate surface area is 135 Å². The number of anilines is 1. The van der Waals surface area contributed by atoms with E-state index in [4.69, 9.17) is 0 Å². The Kier molecular flexibility index (Phi) is 4.41. The van der Waals surface area contributed by atoms with Gasteiger partial charge in [-0.05, 0) is 18.2 Å². The monoisotopic (exact) mass is 334 g/mol. The largest absolute Gasteiger partial charge is 0.416 e. The van der Waals surface area contributed by atoms with E-state index in [1.54, 1.807) is 16.9 Å². The molecule has 3 aromatic rings. The summed E-state index contributed by atoms with van der Waals surface area (Å²) in [5.74, 6) is 0.247. The Morgan fingerprint density at radius 3 is 2.79 bits per heavy atom. The molecule has 1 N–H and O–H groups in total. The lowest BCUT2D eigenvalue weighted by atomic mass is 10.1. The number of aromatic nitrogens is 5. The van der Waals surface area contributed by atoms with Crippen molar-refractivity contribution >= 4 is 5.95 Å². The standard InChI is InChI=1S/C15H13F3N6/c16-15(17,18)12-4-1-3-11(9-12)13-10-20-23-14(22-13)19-6-8-24-7-2-5-21-24/h1-5,7,9-10H,6,8H2,(H,19,22,23). The summed E-state index contributed by atoms with van der Waals surface area (Å²) in [5.41, 5.74) is -0.0839. The molecule has 2 heterocycles. The molecule has 9 heteroatoms. The molecule has 0 aliphatic heterocycles. The van der Waals surface area contributed by atoms with Crippen molar-refractivity contribution in [3.8, 4) is 11.3 Å². The van der Waals surface area contributed by atoms with E-state index in [1.165, 1.54) is 12.3 Å². The number of hydrogen-bond donors (Lipinski definition) is 1. The Hall–Kier alpha value is -2.97. The van der Waals surface area contributed by atoms with Gasteiger partial charge in [0.15, 0.2) is 0 Å². The first-order chi connectivity index (χ1) is 11.5. The number of rotatable bonds is 5. The van der Waals surface area contributed by atoms with Crippen LogP contribution >= 0.6 is 0 Å². The van der Waals surface area contributed by atoms with Crippen LogP contribution in [0.25, 0.3) is 11.3 Å². The van der Waals surface area contributed by atoms with Crippen molar-refractivity contribution in [2.24, 2.45) is 0 Å². The lowest BCUT2D eigenvalue weighted by Gasteiger charge is -2.09. The molecule has 2 aromatic heterocycles. The van der Waals surface area contributed by atoms with Crippen LogP contribution in [0.3, 0.4) is 0 Å². The van der Waals surface area contributed by atoms with Gasteiger partial charge in [-0.15, -0.1) is 5.10 Å². The van der Waals surface area contributed by atoms with Gasteiger partial charge >= 0.3 is 6.18 Å². The zero-order valence-corrected chi connectivity index (χ0v) is 12.4. The van der Waals surface area contributed by atoms with Gasteiger partial charge in [-0.3, -0.25) is 4.68 Å². The smallest absolute Gasteiger partial charge is 0.351 e. The van der Waals surface area contributed by atoms with Gasteiger partial charge in [0.25, 0.3) is 0 Å². The topological polar surface area (TPSA) is 68.5 Å². The summed E-state index contributed by atoms with van der Waals surface area (Å²) in [6.45, 7) is 1.11. The molecule has 0 radical (unpaired) electrons. The van der Waals surface area contributed by atoms with E-state index >= 15 is 0 Å². The van der Waals surface area contributed by atoms with Crippen molar-refractivity contribution < 1.29 is 13.2 Å². The van der Waals surface area contributed by atoms with Crippen LogP contribution in [-0.4, -0.2) is 31.5 Å². The fourth-order valence-corrected chi connectivity index (χ4v) is 2.09. The zero-order chi connectivity index (χ0) is 17.0. The Bertz CT molecular complexity index is 801. The van der Waals surface area contributed by atoms with Crippen LogP contribution in [0.5, 0.6) is 0 Å². The number of halogens is 3. The molecule has 0 saturated heterocycles. The summed E-state index contributed by atoms with van der Waals surface area (Å²) in [7, 11) is 0. The average Bonchev–Trinajstić information content (AvgIpc) is 3.08. The maximum Gasteiger partial charge on any atom is 0.416 e. The molecule has 0 bridgehead atoms. The highest BCUT2D eigenvalue weighted by molar-refractivity contribution is 5.60. The maximum atomic E-state index is 12.8. The molecule has 0 aliphatic rings. The fraction of sp³-hybridized carbons (Fsp3) is 0.200. The third-order valence-electron chi connectivity index (χ3n) is 3.23. The highest BCUT2D eigenvalue weighted by atomic mass is 19.4. The number of benzene rings is 1. The molecule has 6 nitrogen and oxygen atoms in total. The molecule has 0 atom stereocenters. The molecule has 0 unspecified atom stereocenters. The predicted octanol–water partition coefficient (Wildman–Crippen LogP) is 2.87. The molecule has 3 rings (SSSR count). The molecule has 1 aromatic carbocycles. The van der Waals surface area contributed by atoms with Crippen molar-refractivity contribution in [1.82, 2.24) is 25.0 Å². The summed E-state index contributed by atoms with van der Waals surface area (Å²) in [5, 5.41) is 14.6. The van der Waals surface area contributed by atoms with Gasteiger partial charge in [0, 0.05) is 24.5 Å². The van der Waals surface area contributed by atoms with E-state index in [2.05, 4.69) is 25.6 Å². The second-order valence-electron chi connectivity index (χ2n) is 4.94. The third kappa shape index (κ3) is 3.86. The van der Waals surface area contributed by atoms with Gasteiger partial charge in [0.1, 0.15) is 0 Å². The maximum absolute atomic E-state index is 12.8. The fourth-order valence-electron chi connectivity index (χ4n) is 2.09. The lowest BCUT2D eigenvalue weighted by Crippen LogP contribution is -2.13. The first-order valence-corrected chi connectivity index (χ1v) is 7.11. The van der Waals surface area contributed by atoms with Gasteiger partial charge in [-0.2, -0.15) is 23.4 Å². The summed E-state index contributed by atoms with van der Waals surface area (Å²) >= 11 is 0. The van der Waals surface area contributed by atoms with Crippen LogP contribution in [0.1, 0.15) is 5.56 Å². The van der Waals surface area contributed by atoms with Crippen molar-refractivity contribution in [2.45, 2.75) is 12.7 Å². The predicted molar refractivity (Wildman–Crippen MR) is 81.0 cm³/mol. The van der Waals surface area contributed by atoms with Crippen LogP contribution in [0.2, 0.25) is 0 Å². The molecule has 124 valence electrons. The second-order valence-corrected chi connectivity index (χ2v) is 4.94. The lowest BCUT2D eigenvalue weighted by molar-refractivity contribution is -0.137. The van der Waals surface area contributed by atoms with E-state index in [0.29, 0.717) is 24.3 Å². The third-order valence-corrected chi connectivity index (χ3v) is 3.23. The van der Waals surface area contributed by atoms with Gasteiger partial charge in [-0.25, -0.2) is 4.98 Å². The van der Waals surface area contributed by atoms with E-state index in [0.717, 1.165) is 12.1 Å². The molecule has 0 aliphatic carbocycles. The van der Waals surface area contributed by atoms with Gasteiger partial charge < -0.3 is 5.32 Å². The van der Waals surface area contributed by atoms with Crippen molar-refractivity contribution in [3.05, 3.63) is 54.5 Å². The van der Waals surface area contributed by atoms with Crippen LogP contribution < -0.4 is 5.32 Å². The highest BCUT2D eigenvalue weighted by Gasteiger charge is 2.30. The first-order valence-electron chi connectivity index (χ1n) is 7.11. The SMILES string of the molecule is FC(F)(F)c1cccc(-c2cnnc(NCCn3cccn3)n2)c1. The van der Waals surface area contributed by atoms with Crippen molar-refractivity contribution in [2.75, 3.05) is 11.9 Å². The van der Waals surface area contributed by atoms with Gasteiger partial charge in [0.2, 0.25) is 5.95 Å². The molecule has 0 saturated carbocycles. The quantitative estimate of drug-likeness (QED) is 0.777. The van der Waals surface area contributed by atoms with E-state index < -0.39 is 11.7 Å². The minimum absolute atomic E-state index is 0.247. The molecule has 0 amide bonds. The highest BCUT2D eigenvalue weighted by Crippen LogP contribution is 2.31. The molecule has 0 spiro atoms. The molecular weight excluding hydrogens is 321 g/mol. The Morgan fingerprint density at radius 2 is 2.04 bits per heavy atom. The summed E-state index contributed by atoms with van der Waals surface area (Å²) in [6.07, 6.45) is 0.418. The van der Waals surface area contributed by atoms with E-state index in [-0.39, 0.29) is 5.95 Å². The minimum atomic E-state index is -4.40. The Morgan fingerprint density at radius 1 is 1.17 bits per heavy atom. The van der Waals surface area contributed by atoms with Crippen molar-refractivity contribution in [3.63, 3.8) is 0 Å². The summed E-state index contributed by atoms with van der Waals surface area (Å²) in [4.78, 5) is 4.20. The summed E-state index contributed by atoms with van der Waals surface area (Å²) in [6, 6.07) is 6.75. The van der Waals surface area contributed by atoms with Crippen molar-refractivity contribution in [1.29, 1.82) is 0 Å². The summed E-state index contributed by atoms with van der Waals surface area (Å²) < 4.78 is 40.1. The number of alkyl halides is 3. The van der Waals surface area contributed by atoms with Crippen LogP contribution in [0, 0.1) is 0 Å². The van der Waals surface area contributed by atoms with E-state index in [1.807, 2.05) is 12.3 Å². The second kappa shape index (κ2) is 6.65. The van der Waals surface area contributed by atoms with Crippen LogP contribution in [-0.2, 0) is 12.7 Å². The van der Waals surface area contributed by atoms with Gasteiger partial charge in [0.05, 0.1) is 24.0 Å². The molecule has 0 fully saturated rings. The Balaban J connectivity index is 1.73. The number of nitrogens with zero attached hydrogens (tertiary/aromatic N) is 5. The number of hydrogen-bond acceptors (Lipinski definition) is 5. The minimum Gasteiger partial charge on any atom is -0.351 e. The van der Waals surface area contributed by atoms with E-state index in [9.17, 15) is 13.2 Å². The zero-order valence-electron chi connectivity index (χ0n) is 12.4. The van der Waals surface area contributed by atoms with Crippen LogP contribution in [0.4, 0.5) is 19.1 Å². The van der Waals surface area contributed by atoms with Crippen LogP contribution in [0.15, 0.2) is 48.9 Å².